The molecule has 1 atom stereocenters. The number of hydrogen-bond acceptors (Lipinski definition) is 8. The Hall–Kier alpha value is -4.18. The van der Waals surface area contributed by atoms with Gasteiger partial charge >= 0.3 is 0 Å². The molecule has 10 heteroatoms. The molecule has 0 saturated carbocycles. The second kappa shape index (κ2) is 12.1. The molecule has 0 aliphatic carbocycles. The number of carbonyl (C=O) groups excluding carboxylic acids is 1. The Kier molecular flexibility index (Phi) is 8.21. The van der Waals surface area contributed by atoms with Gasteiger partial charge in [-0.25, -0.2) is 4.98 Å². The highest BCUT2D eigenvalue weighted by atomic mass is 32.2. The Morgan fingerprint density at radius 2 is 1.82 bits per heavy atom. The smallest absolute Gasteiger partial charge is 0.262 e. The monoisotopic (exact) mass is 547 g/mol. The quantitative estimate of drug-likeness (QED) is 0.237. The van der Waals surface area contributed by atoms with Crippen LogP contribution in [0.5, 0.6) is 23.0 Å². The number of amides is 1. The van der Waals surface area contributed by atoms with Crippen molar-refractivity contribution >= 4 is 28.6 Å². The van der Waals surface area contributed by atoms with E-state index in [1.807, 2.05) is 54.6 Å². The molecule has 1 aromatic heterocycles. The van der Waals surface area contributed by atoms with Gasteiger partial charge in [0.15, 0.2) is 34.3 Å². The zero-order valence-electron chi connectivity index (χ0n) is 21.7. The fraction of sp³-hybridized carbons (Fsp3) is 0.276. The predicted molar refractivity (Wildman–Crippen MR) is 149 cm³/mol. The van der Waals surface area contributed by atoms with Crippen LogP contribution < -0.4 is 29.8 Å². The summed E-state index contributed by atoms with van der Waals surface area (Å²) in [5.74, 6) is 2.58. The molecule has 0 fully saturated rings. The normalized spacial score (nSPS) is 14.2. The second-order valence-corrected chi connectivity index (χ2v) is 9.85. The predicted octanol–water partition coefficient (Wildman–Crippen LogP) is 3.70. The Morgan fingerprint density at radius 1 is 1.05 bits per heavy atom. The van der Waals surface area contributed by atoms with Crippen molar-refractivity contribution in [3.05, 3.63) is 82.6 Å². The molecule has 1 aliphatic heterocycles. The Bertz CT molecular complexity index is 1540. The van der Waals surface area contributed by atoms with Crippen LogP contribution in [0.25, 0.3) is 10.9 Å². The van der Waals surface area contributed by atoms with Crippen molar-refractivity contribution in [1.29, 1.82) is 0 Å². The Labute approximate surface area is 230 Å². The zero-order valence-corrected chi connectivity index (χ0v) is 22.5. The SMILES string of the molecule is COc1ccc(CCNC(=O)CSc2nc3ccccc3c(=O)n2C[C@H]2COc3ccccc3O2)cc1OC. The maximum Gasteiger partial charge on any atom is 0.262 e. The van der Waals surface area contributed by atoms with Crippen LogP contribution in [-0.4, -0.2) is 54.7 Å². The first-order valence-electron chi connectivity index (χ1n) is 12.5. The highest BCUT2D eigenvalue weighted by Crippen LogP contribution is 2.31. The van der Waals surface area contributed by atoms with Gasteiger partial charge in [-0.05, 0) is 48.4 Å². The van der Waals surface area contributed by atoms with Crippen LogP contribution >= 0.6 is 11.8 Å². The van der Waals surface area contributed by atoms with Crippen LogP contribution in [0.1, 0.15) is 5.56 Å². The van der Waals surface area contributed by atoms with Crippen LogP contribution in [0.15, 0.2) is 76.7 Å². The minimum Gasteiger partial charge on any atom is -0.493 e. The van der Waals surface area contributed by atoms with Gasteiger partial charge in [0.2, 0.25) is 5.91 Å². The first-order valence-corrected chi connectivity index (χ1v) is 13.5. The number of para-hydroxylation sites is 3. The summed E-state index contributed by atoms with van der Waals surface area (Å²) in [7, 11) is 3.18. The second-order valence-electron chi connectivity index (χ2n) is 8.90. The zero-order chi connectivity index (χ0) is 27.2. The van der Waals surface area contributed by atoms with Crippen molar-refractivity contribution in [2.75, 3.05) is 33.1 Å². The summed E-state index contributed by atoms with van der Waals surface area (Å²) in [6.07, 6.45) is 0.256. The van der Waals surface area contributed by atoms with Crippen molar-refractivity contribution in [2.24, 2.45) is 0 Å². The number of carbonyl (C=O) groups is 1. The lowest BCUT2D eigenvalue weighted by Crippen LogP contribution is -2.37. The number of rotatable bonds is 10. The van der Waals surface area contributed by atoms with E-state index in [1.165, 1.54) is 11.8 Å². The largest absolute Gasteiger partial charge is 0.493 e. The molecule has 0 radical (unpaired) electrons. The van der Waals surface area contributed by atoms with Crippen LogP contribution in [-0.2, 0) is 17.8 Å². The molecule has 0 saturated heterocycles. The fourth-order valence-corrected chi connectivity index (χ4v) is 5.18. The first kappa shape index (κ1) is 26.4. The van der Waals surface area contributed by atoms with Gasteiger partial charge in [-0.15, -0.1) is 0 Å². The van der Waals surface area contributed by atoms with Gasteiger partial charge in [0.05, 0.1) is 37.4 Å². The highest BCUT2D eigenvalue weighted by Gasteiger charge is 2.24. The lowest BCUT2D eigenvalue weighted by Gasteiger charge is -2.27. The number of aromatic nitrogens is 2. The number of methoxy groups -OCH3 is 2. The number of nitrogens with one attached hydrogen (secondary N) is 1. The van der Waals surface area contributed by atoms with E-state index in [1.54, 1.807) is 30.9 Å². The molecule has 9 nitrogen and oxygen atoms in total. The average Bonchev–Trinajstić information content (AvgIpc) is 2.97. The van der Waals surface area contributed by atoms with Gasteiger partial charge in [0.1, 0.15) is 6.61 Å². The van der Waals surface area contributed by atoms with Crippen LogP contribution in [0.3, 0.4) is 0 Å². The molecule has 0 bridgehead atoms. The van der Waals surface area contributed by atoms with Gasteiger partial charge < -0.3 is 24.3 Å². The maximum atomic E-state index is 13.4. The summed E-state index contributed by atoms with van der Waals surface area (Å²) >= 11 is 1.22. The average molecular weight is 548 g/mol. The molecule has 39 heavy (non-hydrogen) atoms. The standard InChI is InChI=1S/C29H29N3O6S/c1-35-23-12-11-19(15-26(23)36-2)13-14-30-27(33)18-39-29-31-22-8-4-3-7-21(22)28(34)32(29)16-20-17-37-24-9-5-6-10-25(24)38-20/h3-12,15,20H,13-14,16-18H2,1-2H3,(H,30,33)/t20-/m0/s1. The highest BCUT2D eigenvalue weighted by molar-refractivity contribution is 7.99. The van der Waals surface area contributed by atoms with E-state index in [-0.39, 0.29) is 29.9 Å². The van der Waals surface area contributed by atoms with Crippen molar-refractivity contribution in [2.45, 2.75) is 24.2 Å². The van der Waals surface area contributed by atoms with Crippen molar-refractivity contribution in [1.82, 2.24) is 14.9 Å². The fourth-order valence-electron chi connectivity index (χ4n) is 4.34. The van der Waals surface area contributed by atoms with E-state index in [9.17, 15) is 9.59 Å². The number of fused-ring (bicyclic) bond motifs is 2. The van der Waals surface area contributed by atoms with Gasteiger partial charge in [0.25, 0.3) is 5.56 Å². The molecular weight excluding hydrogens is 518 g/mol. The van der Waals surface area contributed by atoms with E-state index in [2.05, 4.69) is 5.32 Å². The third-order valence-corrected chi connectivity index (χ3v) is 7.27. The van der Waals surface area contributed by atoms with Gasteiger partial charge in [-0.2, -0.15) is 0 Å². The maximum absolute atomic E-state index is 13.4. The van der Waals surface area contributed by atoms with E-state index in [0.717, 1.165) is 5.56 Å². The summed E-state index contributed by atoms with van der Waals surface area (Å²) in [5.41, 5.74) is 1.42. The Morgan fingerprint density at radius 3 is 2.64 bits per heavy atom. The summed E-state index contributed by atoms with van der Waals surface area (Å²) < 4.78 is 24.1. The molecule has 4 aromatic rings. The number of ether oxygens (including phenoxy) is 4. The topological polar surface area (TPSA) is 101 Å². The van der Waals surface area contributed by atoms with Gasteiger partial charge in [-0.3, -0.25) is 14.2 Å². The minimum atomic E-state index is -0.379. The van der Waals surface area contributed by atoms with Crippen molar-refractivity contribution < 1.29 is 23.7 Å². The number of nitrogens with zero attached hydrogens (tertiary/aromatic N) is 2. The molecule has 2 heterocycles. The molecular formula is C29H29N3O6S. The summed E-state index contributed by atoms with van der Waals surface area (Å²) in [4.78, 5) is 30.8. The molecule has 0 unspecified atom stereocenters. The minimum absolute atomic E-state index is 0.113. The van der Waals surface area contributed by atoms with Gasteiger partial charge in [0, 0.05) is 6.54 Å². The van der Waals surface area contributed by atoms with E-state index < -0.39 is 0 Å². The van der Waals surface area contributed by atoms with E-state index >= 15 is 0 Å². The molecule has 1 N–H and O–H groups in total. The molecule has 1 amide bonds. The first-order chi connectivity index (χ1) is 19.1. The lowest BCUT2D eigenvalue weighted by molar-refractivity contribution is -0.118. The van der Waals surface area contributed by atoms with Crippen LogP contribution in [0, 0.1) is 0 Å². The third-order valence-electron chi connectivity index (χ3n) is 6.30. The molecule has 5 rings (SSSR count). The lowest BCUT2D eigenvalue weighted by atomic mass is 10.1. The molecule has 1 aliphatic rings. The van der Waals surface area contributed by atoms with E-state index in [0.29, 0.717) is 58.6 Å². The van der Waals surface area contributed by atoms with Crippen LogP contribution in [0.4, 0.5) is 0 Å². The number of hydrogen-bond donors (Lipinski definition) is 1. The number of benzene rings is 3. The molecule has 202 valence electrons. The van der Waals surface area contributed by atoms with E-state index in [4.69, 9.17) is 23.9 Å². The van der Waals surface area contributed by atoms with Crippen molar-refractivity contribution in [3.63, 3.8) is 0 Å². The summed E-state index contributed by atoms with van der Waals surface area (Å²) in [6, 6.07) is 20.3. The van der Waals surface area contributed by atoms with Crippen molar-refractivity contribution in [3.8, 4) is 23.0 Å². The Balaban J connectivity index is 1.26. The van der Waals surface area contributed by atoms with Gasteiger partial charge in [-0.1, -0.05) is 42.1 Å². The van der Waals surface area contributed by atoms with Crippen LogP contribution in [0.2, 0.25) is 0 Å². The molecule has 3 aromatic carbocycles. The number of thioether (sulfide) groups is 1. The molecule has 0 spiro atoms. The summed E-state index contributed by atoms with van der Waals surface area (Å²) in [5, 5.41) is 3.91. The third kappa shape index (κ3) is 6.12. The summed E-state index contributed by atoms with van der Waals surface area (Å²) in [6.45, 7) is 1.00.